The lowest BCUT2D eigenvalue weighted by Crippen LogP contribution is -2.28. The molecule has 0 aliphatic carbocycles. The van der Waals surface area contributed by atoms with Gasteiger partial charge in [0.2, 0.25) is 0 Å². The second kappa shape index (κ2) is 8.86. The predicted molar refractivity (Wildman–Crippen MR) is 79.0 cm³/mol. The van der Waals surface area contributed by atoms with Gasteiger partial charge in [-0.05, 0) is 26.0 Å². The van der Waals surface area contributed by atoms with Crippen LogP contribution in [-0.4, -0.2) is 25.1 Å². The molecule has 1 N–H and O–H groups in total. The minimum atomic E-state index is -0.264. The van der Waals surface area contributed by atoms with Gasteiger partial charge in [0.05, 0.1) is 6.20 Å². The van der Waals surface area contributed by atoms with Crippen LogP contribution in [-0.2, 0) is 6.54 Å². The zero-order valence-electron chi connectivity index (χ0n) is 12.4. The van der Waals surface area contributed by atoms with Crippen LogP contribution in [0.25, 0.3) is 0 Å². The Bertz CT molecular complexity index is 360. The third-order valence-corrected chi connectivity index (χ3v) is 3.14. The van der Waals surface area contributed by atoms with E-state index in [1.807, 2.05) is 7.05 Å². The summed E-state index contributed by atoms with van der Waals surface area (Å²) in [6.07, 6.45) is 5.92. The summed E-state index contributed by atoms with van der Waals surface area (Å²) in [6, 6.07) is 1.59. The first-order valence-electron chi connectivity index (χ1n) is 7.26. The second-order valence-electron chi connectivity index (χ2n) is 4.86. The molecule has 0 radical (unpaired) electrons. The van der Waals surface area contributed by atoms with Crippen LogP contribution < -0.4 is 10.2 Å². The molecule has 108 valence electrons. The van der Waals surface area contributed by atoms with Crippen molar-refractivity contribution < 1.29 is 4.39 Å². The molecule has 1 aromatic rings. The van der Waals surface area contributed by atoms with E-state index in [0.29, 0.717) is 6.54 Å². The van der Waals surface area contributed by atoms with Crippen molar-refractivity contribution in [3.8, 4) is 0 Å². The highest BCUT2D eigenvalue weighted by Crippen LogP contribution is 2.19. The number of rotatable bonds is 9. The largest absolute Gasteiger partial charge is 0.356 e. The molecule has 0 aromatic carbocycles. The molecular formula is C15H26FN3. The number of aromatic nitrogens is 1. The molecule has 0 unspecified atom stereocenters. The van der Waals surface area contributed by atoms with Gasteiger partial charge in [0, 0.05) is 25.2 Å². The number of unbranched alkanes of at least 4 members (excludes halogenated alkanes) is 2. The normalized spacial score (nSPS) is 10.7. The van der Waals surface area contributed by atoms with Gasteiger partial charge in [-0.15, -0.1) is 0 Å². The van der Waals surface area contributed by atoms with E-state index < -0.39 is 0 Å². The van der Waals surface area contributed by atoms with Crippen LogP contribution >= 0.6 is 0 Å². The van der Waals surface area contributed by atoms with E-state index in [9.17, 15) is 4.39 Å². The SMILES string of the molecule is CCCCN(CCCC)c1ncc(F)cc1CNC. The molecular weight excluding hydrogens is 241 g/mol. The molecule has 1 aromatic heterocycles. The first-order valence-corrected chi connectivity index (χ1v) is 7.26. The van der Waals surface area contributed by atoms with Crippen molar-refractivity contribution in [3.63, 3.8) is 0 Å². The summed E-state index contributed by atoms with van der Waals surface area (Å²) in [7, 11) is 1.87. The minimum Gasteiger partial charge on any atom is -0.356 e. The number of hydrogen-bond acceptors (Lipinski definition) is 3. The second-order valence-corrected chi connectivity index (χ2v) is 4.86. The monoisotopic (exact) mass is 267 g/mol. The van der Waals surface area contributed by atoms with E-state index in [0.717, 1.165) is 50.2 Å². The van der Waals surface area contributed by atoms with E-state index in [4.69, 9.17) is 0 Å². The molecule has 3 nitrogen and oxygen atoms in total. The fourth-order valence-electron chi connectivity index (χ4n) is 2.10. The van der Waals surface area contributed by atoms with Crippen molar-refractivity contribution in [2.75, 3.05) is 25.0 Å². The number of anilines is 1. The van der Waals surface area contributed by atoms with Crippen molar-refractivity contribution in [2.24, 2.45) is 0 Å². The van der Waals surface area contributed by atoms with Gasteiger partial charge in [0.15, 0.2) is 0 Å². The maximum Gasteiger partial charge on any atom is 0.141 e. The lowest BCUT2D eigenvalue weighted by Gasteiger charge is -2.25. The molecule has 1 heterocycles. The topological polar surface area (TPSA) is 28.2 Å². The first kappa shape index (κ1) is 15.9. The fourth-order valence-corrected chi connectivity index (χ4v) is 2.10. The van der Waals surface area contributed by atoms with Crippen LogP contribution in [0.15, 0.2) is 12.3 Å². The summed E-state index contributed by atoms with van der Waals surface area (Å²) < 4.78 is 13.3. The lowest BCUT2D eigenvalue weighted by atomic mass is 10.2. The highest BCUT2D eigenvalue weighted by Gasteiger charge is 2.12. The Kier molecular flexibility index (Phi) is 7.41. The zero-order chi connectivity index (χ0) is 14.1. The zero-order valence-corrected chi connectivity index (χ0v) is 12.4. The Morgan fingerprint density at radius 1 is 1.21 bits per heavy atom. The Labute approximate surface area is 116 Å². The van der Waals surface area contributed by atoms with Gasteiger partial charge in [0.1, 0.15) is 11.6 Å². The fraction of sp³-hybridized carbons (Fsp3) is 0.667. The summed E-state index contributed by atoms with van der Waals surface area (Å²) in [4.78, 5) is 6.60. The molecule has 0 saturated heterocycles. The van der Waals surface area contributed by atoms with Gasteiger partial charge < -0.3 is 10.2 Å². The molecule has 19 heavy (non-hydrogen) atoms. The maximum atomic E-state index is 13.3. The van der Waals surface area contributed by atoms with Crippen molar-refractivity contribution >= 4 is 5.82 Å². The molecule has 1 rings (SSSR count). The quantitative estimate of drug-likeness (QED) is 0.743. The summed E-state index contributed by atoms with van der Waals surface area (Å²) in [6.45, 7) is 7.00. The molecule has 0 spiro atoms. The van der Waals surface area contributed by atoms with Crippen LogP contribution in [0.5, 0.6) is 0 Å². The van der Waals surface area contributed by atoms with E-state index >= 15 is 0 Å². The molecule has 0 amide bonds. The van der Waals surface area contributed by atoms with Crippen LogP contribution in [0, 0.1) is 5.82 Å². The Balaban J connectivity index is 2.91. The minimum absolute atomic E-state index is 0.264. The predicted octanol–water partition coefficient (Wildman–Crippen LogP) is 3.35. The third-order valence-electron chi connectivity index (χ3n) is 3.14. The smallest absolute Gasteiger partial charge is 0.141 e. The first-order chi connectivity index (χ1) is 9.22. The molecule has 0 saturated carbocycles. The van der Waals surface area contributed by atoms with Gasteiger partial charge in [0.25, 0.3) is 0 Å². The van der Waals surface area contributed by atoms with E-state index in [-0.39, 0.29) is 5.82 Å². The Morgan fingerprint density at radius 2 is 1.84 bits per heavy atom. The van der Waals surface area contributed by atoms with Gasteiger partial charge in [-0.1, -0.05) is 26.7 Å². The van der Waals surface area contributed by atoms with E-state index in [1.165, 1.54) is 6.20 Å². The highest BCUT2D eigenvalue weighted by molar-refractivity contribution is 5.46. The maximum absolute atomic E-state index is 13.3. The standard InChI is InChI=1S/C15H26FN3/c1-4-6-8-19(9-7-5-2)15-13(11-17-3)10-14(16)12-18-15/h10,12,17H,4-9,11H2,1-3H3. The Hall–Kier alpha value is -1.16. The molecule has 0 bridgehead atoms. The third kappa shape index (κ3) is 5.15. The van der Waals surface area contributed by atoms with Crippen LogP contribution in [0.2, 0.25) is 0 Å². The molecule has 0 atom stereocenters. The average Bonchev–Trinajstić information content (AvgIpc) is 2.40. The van der Waals surface area contributed by atoms with Gasteiger partial charge >= 0.3 is 0 Å². The number of nitrogens with one attached hydrogen (secondary N) is 1. The number of pyridine rings is 1. The summed E-state index contributed by atoms with van der Waals surface area (Å²) in [5.41, 5.74) is 0.940. The average molecular weight is 267 g/mol. The van der Waals surface area contributed by atoms with Gasteiger partial charge in [-0.3, -0.25) is 0 Å². The summed E-state index contributed by atoms with van der Waals surface area (Å²) in [5.74, 6) is 0.664. The van der Waals surface area contributed by atoms with E-state index in [2.05, 4.69) is 29.0 Å². The van der Waals surface area contributed by atoms with Crippen molar-refractivity contribution in [2.45, 2.75) is 46.1 Å². The molecule has 0 aliphatic rings. The summed E-state index contributed by atoms with van der Waals surface area (Å²) >= 11 is 0. The Morgan fingerprint density at radius 3 is 2.37 bits per heavy atom. The van der Waals surface area contributed by atoms with Gasteiger partial charge in [-0.25, -0.2) is 9.37 Å². The molecule has 0 aliphatic heterocycles. The molecule has 4 heteroatoms. The number of halogens is 1. The summed E-state index contributed by atoms with van der Waals surface area (Å²) in [5, 5.41) is 3.09. The van der Waals surface area contributed by atoms with E-state index in [1.54, 1.807) is 6.07 Å². The highest BCUT2D eigenvalue weighted by atomic mass is 19.1. The lowest BCUT2D eigenvalue weighted by molar-refractivity contribution is 0.611. The van der Waals surface area contributed by atoms with Crippen LogP contribution in [0.1, 0.15) is 45.1 Å². The van der Waals surface area contributed by atoms with Crippen LogP contribution in [0.4, 0.5) is 10.2 Å². The number of nitrogens with zero attached hydrogens (tertiary/aromatic N) is 2. The van der Waals surface area contributed by atoms with Crippen molar-refractivity contribution in [1.82, 2.24) is 10.3 Å². The van der Waals surface area contributed by atoms with Gasteiger partial charge in [-0.2, -0.15) is 0 Å². The van der Waals surface area contributed by atoms with Crippen LogP contribution in [0.3, 0.4) is 0 Å². The van der Waals surface area contributed by atoms with Crippen molar-refractivity contribution in [1.29, 1.82) is 0 Å². The molecule has 0 fully saturated rings. The number of hydrogen-bond donors (Lipinski definition) is 1. The van der Waals surface area contributed by atoms with Crippen molar-refractivity contribution in [3.05, 3.63) is 23.6 Å².